The van der Waals surface area contributed by atoms with Crippen LogP contribution in [0.5, 0.6) is 0 Å². The largest absolute Gasteiger partial charge is 0.339 e. The van der Waals surface area contributed by atoms with Gasteiger partial charge in [-0.05, 0) is 24.2 Å². The van der Waals surface area contributed by atoms with E-state index in [0.29, 0.717) is 18.4 Å². The van der Waals surface area contributed by atoms with Gasteiger partial charge in [-0.25, -0.2) is 0 Å². The van der Waals surface area contributed by atoms with Crippen LogP contribution in [-0.4, -0.2) is 34.2 Å². The van der Waals surface area contributed by atoms with E-state index in [-0.39, 0.29) is 0 Å². The smallest absolute Gasteiger partial charge is 0.232 e. The van der Waals surface area contributed by atoms with Crippen molar-refractivity contribution in [3.8, 4) is 0 Å². The molecule has 2 unspecified atom stereocenters. The quantitative estimate of drug-likeness (QED) is 0.916. The molecule has 2 atom stereocenters. The number of benzene rings is 1. The zero-order valence-corrected chi connectivity index (χ0v) is 13.5. The maximum Gasteiger partial charge on any atom is 0.232 e. The average molecular weight is 324 g/mol. The number of nitrogens with zero attached hydrogens (tertiary/aromatic N) is 2. The predicted molar refractivity (Wildman–Crippen MR) is 86.1 cm³/mol. The second-order valence-corrected chi connectivity index (χ2v) is 6.68. The van der Waals surface area contributed by atoms with Crippen molar-refractivity contribution in [1.82, 2.24) is 15.5 Å². The van der Waals surface area contributed by atoms with Gasteiger partial charge in [0.1, 0.15) is 0 Å². The molecule has 0 saturated carbocycles. The van der Waals surface area contributed by atoms with E-state index in [9.17, 15) is 0 Å². The number of hydrogen-bond acceptors (Lipinski definition) is 5. The minimum atomic E-state index is 0.315. The molecule has 1 aromatic heterocycles. The Balaban J connectivity index is 1.71. The summed E-state index contributed by atoms with van der Waals surface area (Å²) >= 11 is 7.93. The van der Waals surface area contributed by atoms with Crippen LogP contribution in [0.25, 0.3) is 0 Å². The minimum Gasteiger partial charge on any atom is -0.339 e. The number of thioether (sulfide) groups is 1. The van der Waals surface area contributed by atoms with E-state index < -0.39 is 0 Å². The Hall–Kier alpha value is -1.04. The summed E-state index contributed by atoms with van der Waals surface area (Å²) in [6, 6.07) is 8.19. The Kier molecular flexibility index (Phi) is 4.83. The van der Waals surface area contributed by atoms with Crippen LogP contribution in [-0.2, 0) is 6.42 Å². The Morgan fingerprint density at radius 2 is 2.33 bits per heavy atom. The predicted octanol–water partition coefficient (Wildman–Crippen LogP) is 3.12. The van der Waals surface area contributed by atoms with Crippen LogP contribution in [0.1, 0.15) is 30.1 Å². The normalized spacial score (nSPS) is 21.8. The van der Waals surface area contributed by atoms with Crippen molar-refractivity contribution >= 4 is 23.4 Å². The van der Waals surface area contributed by atoms with Crippen LogP contribution in [0.2, 0.25) is 5.02 Å². The summed E-state index contributed by atoms with van der Waals surface area (Å²) in [6.07, 6.45) is 0.649. The standard InChI is InChI=1S/C15H18ClN3OS/c1-2-17-13-9-21-8-12(13)15-18-14(19-20-15)7-10-4-3-5-11(16)6-10/h3-6,12-13,17H,2,7-9H2,1H3. The molecule has 0 radical (unpaired) electrons. The lowest BCUT2D eigenvalue weighted by atomic mass is 10.0. The van der Waals surface area contributed by atoms with Crippen molar-refractivity contribution in [3.05, 3.63) is 46.6 Å². The van der Waals surface area contributed by atoms with Crippen molar-refractivity contribution in [2.75, 3.05) is 18.1 Å². The van der Waals surface area contributed by atoms with Gasteiger partial charge in [-0.1, -0.05) is 35.8 Å². The third-order valence-electron chi connectivity index (χ3n) is 3.60. The molecule has 1 aromatic carbocycles. The molecule has 1 aliphatic heterocycles. The summed E-state index contributed by atoms with van der Waals surface area (Å²) < 4.78 is 5.48. The lowest BCUT2D eigenvalue weighted by Gasteiger charge is -2.15. The van der Waals surface area contributed by atoms with E-state index in [1.807, 2.05) is 36.0 Å². The zero-order chi connectivity index (χ0) is 14.7. The van der Waals surface area contributed by atoms with Gasteiger partial charge >= 0.3 is 0 Å². The van der Waals surface area contributed by atoms with Crippen LogP contribution in [0.4, 0.5) is 0 Å². The van der Waals surface area contributed by atoms with E-state index in [2.05, 4.69) is 22.4 Å². The first kappa shape index (κ1) is 14.9. The summed E-state index contributed by atoms with van der Waals surface area (Å²) in [5, 5.41) is 8.34. The van der Waals surface area contributed by atoms with Gasteiger partial charge in [0.05, 0.1) is 5.92 Å². The van der Waals surface area contributed by atoms with Gasteiger partial charge < -0.3 is 9.84 Å². The molecule has 4 nitrogen and oxygen atoms in total. The van der Waals surface area contributed by atoms with E-state index in [1.54, 1.807) is 0 Å². The summed E-state index contributed by atoms with van der Waals surface area (Å²) in [5.74, 6) is 3.93. The molecule has 2 aromatic rings. The van der Waals surface area contributed by atoms with E-state index >= 15 is 0 Å². The molecule has 112 valence electrons. The average Bonchev–Trinajstić information content (AvgIpc) is 3.08. The Morgan fingerprint density at radius 1 is 1.43 bits per heavy atom. The van der Waals surface area contributed by atoms with Crippen LogP contribution in [0.15, 0.2) is 28.8 Å². The molecule has 21 heavy (non-hydrogen) atoms. The van der Waals surface area contributed by atoms with Gasteiger partial charge in [-0.2, -0.15) is 16.7 Å². The number of aromatic nitrogens is 2. The topological polar surface area (TPSA) is 51.0 Å². The molecule has 0 spiro atoms. The molecule has 1 N–H and O–H groups in total. The molecular weight excluding hydrogens is 306 g/mol. The van der Waals surface area contributed by atoms with Crippen molar-refractivity contribution in [2.24, 2.45) is 0 Å². The molecule has 6 heteroatoms. The lowest BCUT2D eigenvalue weighted by Crippen LogP contribution is -2.34. The van der Waals surface area contributed by atoms with Crippen molar-refractivity contribution in [1.29, 1.82) is 0 Å². The van der Waals surface area contributed by atoms with Crippen LogP contribution in [0, 0.1) is 0 Å². The fraction of sp³-hybridized carbons (Fsp3) is 0.467. The lowest BCUT2D eigenvalue weighted by molar-refractivity contribution is 0.338. The number of halogens is 1. The van der Waals surface area contributed by atoms with E-state index in [4.69, 9.17) is 16.1 Å². The highest BCUT2D eigenvalue weighted by atomic mass is 35.5. The highest BCUT2D eigenvalue weighted by Crippen LogP contribution is 2.32. The van der Waals surface area contributed by atoms with Crippen molar-refractivity contribution in [2.45, 2.75) is 25.3 Å². The maximum absolute atomic E-state index is 6.00. The third-order valence-corrected chi connectivity index (χ3v) is 5.02. The van der Waals surface area contributed by atoms with E-state index in [1.165, 1.54) is 0 Å². The van der Waals surface area contributed by atoms with Gasteiger partial charge in [0.2, 0.25) is 5.89 Å². The minimum absolute atomic E-state index is 0.315. The van der Waals surface area contributed by atoms with Gasteiger partial charge in [-0.15, -0.1) is 0 Å². The second-order valence-electron chi connectivity index (χ2n) is 5.16. The maximum atomic E-state index is 6.00. The summed E-state index contributed by atoms with van der Waals surface area (Å²) in [5.41, 5.74) is 1.10. The van der Waals surface area contributed by atoms with Crippen LogP contribution in [0.3, 0.4) is 0 Å². The molecular formula is C15H18ClN3OS. The number of rotatable bonds is 5. The number of hydrogen-bond donors (Lipinski definition) is 1. The Bertz CT molecular complexity index is 604. The molecule has 1 saturated heterocycles. The summed E-state index contributed by atoms with van der Waals surface area (Å²) in [7, 11) is 0. The highest BCUT2D eigenvalue weighted by Gasteiger charge is 2.32. The first-order chi connectivity index (χ1) is 10.3. The molecule has 0 bridgehead atoms. The van der Waals surface area contributed by atoms with E-state index in [0.717, 1.165) is 40.4 Å². The molecule has 2 heterocycles. The zero-order valence-electron chi connectivity index (χ0n) is 11.9. The van der Waals surface area contributed by atoms with Crippen LogP contribution >= 0.6 is 23.4 Å². The molecule has 0 aliphatic carbocycles. The van der Waals surface area contributed by atoms with Gasteiger partial charge in [0, 0.05) is 29.0 Å². The number of nitrogens with one attached hydrogen (secondary N) is 1. The van der Waals surface area contributed by atoms with Gasteiger partial charge in [0.15, 0.2) is 5.82 Å². The molecule has 1 fully saturated rings. The summed E-state index contributed by atoms with van der Waals surface area (Å²) in [6.45, 7) is 3.09. The molecule has 3 rings (SSSR count). The molecule has 1 aliphatic rings. The van der Waals surface area contributed by atoms with Gasteiger partial charge in [-0.3, -0.25) is 0 Å². The SMILES string of the molecule is CCNC1CSCC1c1nc(Cc2cccc(Cl)c2)no1. The second kappa shape index (κ2) is 6.81. The van der Waals surface area contributed by atoms with Crippen molar-refractivity contribution < 1.29 is 4.52 Å². The number of likely N-dealkylation sites (N-methyl/N-ethyl adjacent to an activating group) is 1. The first-order valence-corrected chi connectivity index (χ1v) is 8.67. The first-order valence-electron chi connectivity index (χ1n) is 7.14. The fourth-order valence-corrected chi connectivity index (χ4v) is 4.16. The third kappa shape index (κ3) is 3.59. The van der Waals surface area contributed by atoms with Crippen LogP contribution < -0.4 is 5.32 Å². The molecule has 0 amide bonds. The Labute approximate surface area is 133 Å². The summed E-state index contributed by atoms with van der Waals surface area (Å²) in [4.78, 5) is 4.58. The van der Waals surface area contributed by atoms with Gasteiger partial charge in [0.25, 0.3) is 0 Å². The monoisotopic (exact) mass is 323 g/mol. The Morgan fingerprint density at radius 3 is 3.14 bits per heavy atom. The fourth-order valence-electron chi connectivity index (χ4n) is 2.58. The highest BCUT2D eigenvalue weighted by molar-refractivity contribution is 7.99. The van der Waals surface area contributed by atoms with Crippen molar-refractivity contribution in [3.63, 3.8) is 0 Å².